The van der Waals surface area contributed by atoms with Gasteiger partial charge in [0.1, 0.15) is 11.5 Å². The molecule has 0 aliphatic carbocycles. The summed E-state index contributed by atoms with van der Waals surface area (Å²) < 4.78 is 5.37. The highest BCUT2D eigenvalue weighted by molar-refractivity contribution is 6.10. The number of nitrogens with two attached hydrogens (primary N) is 1. The van der Waals surface area contributed by atoms with E-state index >= 15 is 0 Å². The van der Waals surface area contributed by atoms with Gasteiger partial charge in [0.25, 0.3) is 0 Å². The number of phenolic OH excluding ortho intramolecular Hbond substituents is 1. The Morgan fingerprint density at radius 1 is 1.17 bits per heavy atom. The molecule has 4 nitrogen and oxygen atoms in total. The first-order chi connectivity index (χ1) is 11.0. The average Bonchev–Trinajstić information content (AvgIpc) is 2.60. The summed E-state index contributed by atoms with van der Waals surface area (Å²) in [5, 5.41) is 10.2. The fourth-order valence-electron chi connectivity index (χ4n) is 2.68. The number of carbonyl (C=O) groups excluding carboxylic acids is 1. The fraction of sp³-hybridized carbons (Fsp3) is 0.316. The molecule has 0 amide bonds. The zero-order chi connectivity index (χ0) is 17.0. The number of rotatable bonds is 6. The summed E-state index contributed by atoms with van der Waals surface area (Å²) in [6, 6.07) is 12.0. The van der Waals surface area contributed by atoms with Crippen LogP contribution in [0.4, 0.5) is 0 Å². The molecule has 122 valence electrons. The van der Waals surface area contributed by atoms with Crippen molar-refractivity contribution in [2.45, 2.75) is 32.2 Å². The van der Waals surface area contributed by atoms with Crippen LogP contribution < -0.4 is 10.5 Å². The number of ether oxygens (including phenoxy) is 1. The Hall–Kier alpha value is -2.33. The molecule has 0 aromatic heterocycles. The smallest absolute Gasteiger partial charge is 0.196 e. The number of methoxy groups -OCH3 is 1. The van der Waals surface area contributed by atoms with Crippen LogP contribution in [0.25, 0.3) is 0 Å². The molecule has 4 heteroatoms. The van der Waals surface area contributed by atoms with E-state index in [1.54, 1.807) is 30.3 Å². The highest BCUT2D eigenvalue weighted by Gasteiger charge is 2.29. The van der Waals surface area contributed by atoms with Crippen molar-refractivity contribution in [2.75, 3.05) is 7.11 Å². The topological polar surface area (TPSA) is 72.6 Å². The van der Waals surface area contributed by atoms with Gasteiger partial charge in [-0.2, -0.15) is 0 Å². The van der Waals surface area contributed by atoms with Crippen LogP contribution in [0.3, 0.4) is 0 Å². The molecule has 0 saturated carbocycles. The Labute approximate surface area is 136 Å². The van der Waals surface area contributed by atoms with E-state index in [1.165, 1.54) is 13.2 Å². The Kier molecular flexibility index (Phi) is 5.06. The van der Waals surface area contributed by atoms with Gasteiger partial charge in [0, 0.05) is 22.7 Å². The first-order valence-corrected chi connectivity index (χ1v) is 7.77. The molecule has 2 aromatic carbocycles. The van der Waals surface area contributed by atoms with Crippen LogP contribution >= 0.6 is 0 Å². The summed E-state index contributed by atoms with van der Waals surface area (Å²) in [5.74, 6) is 0.161. The van der Waals surface area contributed by atoms with Gasteiger partial charge < -0.3 is 15.6 Å². The van der Waals surface area contributed by atoms with E-state index in [1.807, 2.05) is 19.9 Å². The molecule has 0 fully saturated rings. The predicted molar refractivity (Wildman–Crippen MR) is 91.0 cm³/mol. The molecule has 2 aromatic rings. The van der Waals surface area contributed by atoms with Crippen molar-refractivity contribution in [2.24, 2.45) is 5.73 Å². The zero-order valence-corrected chi connectivity index (χ0v) is 13.8. The lowest BCUT2D eigenvalue weighted by Gasteiger charge is -2.29. The summed E-state index contributed by atoms with van der Waals surface area (Å²) in [4.78, 5) is 12.7. The lowest BCUT2D eigenvalue weighted by atomic mass is 9.83. The predicted octanol–water partition coefficient (Wildman–Crippen LogP) is 3.61. The summed E-state index contributed by atoms with van der Waals surface area (Å²) in [6.07, 6.45) is 1.40. The molecule has 3 N–H and O–H groups in total. The molecule has 0 saturated heterocycles. The van der Waals surface area contributed by atoms with Gasteiger partial charge in [-0.05, 0) is 18.9 Å². The first-order valence-electron chi connectivity index (χ1n) is 7.77. The van der Waals surface area contributed by atoms with E-state index in [0.29, 0.717) is 24.2 Å². The van der Waals surface area contributed by atoms with Crippen LogP contribution in [0.15, 0.2) is 42.5 Å². The molecule has 0 aliphatic rings. The van der Waals surface area contributed by atoms with E-state index in [-0.39, 0.29) is 17.1 Å². The number of hydrogen-bond donors (Lipinski definition) is 2. The van der Waals surface area contributed by atoms with Gasteiger partial charge in [0.15, 0.2) is 5.78 Å². The fourth-order valence-corrected chi connectivity index (χ4v) is 2.68. The number of benzene rings is 2. The van der Waals surface area contributed by atoms with E-state index < -0.39 is 5.54 Å². The summed E-state index contributed by atoms with van der Waals surface area (Å²) in [7, 11) is 1.53. The van der Waals surface area contributed by atoms with Crippen molar-refractivity contribution in [1.29, 1.82) is 0 Å². The van der Waals surface area contributed by atoms with E-state index in [0.717, 1.165) is 5.56 Å². The molecule has 0 atom stereocenters. The van der Waals surface area contributed by atoms with Crippen molar-refractivity contribution in [3.63, 3.8) is 0 Å². The van der Waals surface area contributed by atoms with Crippen LogP contribution in [0.5, 0.6) is 11.5 Å². The largest absolute Gasteiger partial charge is 0.507 e. The Morgan fingerprint density at radius 2 is 1.78 bits per heavy atom. The van der Waals surface area contributed by atoms with E-state index in [2.05, 4.69) is 0 Å². The minimum atomic E-state index is -0.606. The number of aromatic hydroxyl groups is 1. The maximum absolute atomic E-state index is 12.7. The first kappa shape index (κ1) is 17.0. The lowest BCUT2D eigenvalue weighted by molar-refractivity contribution is 0.103. The van der Waals surface area contributed by atoms with Crippen molar-refractivity contribution in [1.82, 2.24) is 0 Å². The summed E-state index contributed by atoms with van der Waals surface area (Å²) >= 11 is 0. The standard InChI is InChI=1S/C19H23NO3/c1-4-19(20,5-2)15-11-14(16(21)12-17(15)23-3)18(22)13-9-7-6-8-10-13/h6-12,21H,4-5,20H2,1-3H3. The molecule has 2 rings (SSSR count). The number of ketones is 1. The van der Waals surface area contributed by atoms with Gasteiger partial charge >= 0.3 is 0 Å². The van der Waals surface area contributed by atoms with Gasteiger partial charge in [0.2, 0.25) is 0 Å². The molecule has 0 unspecified atom stereocenters. The second kappa shape index (κ2) is 6.84. The number of phenols is 1. The Morgan fingerprint density at radius 3 is 2.30 bits per heavy atom. The number of carbonyl (C=O) groups is 1. The quantitative estimate of drug-likeness (QED) is 0.799. The van der Waals surface area contributed by atoms with E-state index in [4.69, 9.17) is 10.5 Å². The SMILES string of the molecule is CCC(N)(CC)c1cc(C(=O)c2ccccc2)c(O)cc1OC. The molecule has 0 bridgehead atoms. The second-order valence-electron chi connectivity index (χ2n) is 5.63. The van der Waals surface area contributed by atoms with Gasteiger partial charge in [-0.15, -0.1) is 0 Å². The maximum atomic E-state index is 12.7. The molecule has 0 radical (unpaired) electrons. The van der Waals surface area contributed by atoms with Crippen molar-refractivity contribution in [3.05, 3.63) is 59.2 Å². The monoisotopic (exact) mass is 313 g/mol. The van der Waals surface area contributed by atoms with Gasteiger partial charge in [0.05, 0.1) is 12.7 Å². The van der Waals surface area contributed by atoms with Crippen LogP contribution in [-0.2, 0) is 5.54 Å². The molecule has 0 spiro atoms. The van der Waals surface area contributed by atoms with Crippen molar-refractivity contribution < 1.29 is 14.6 Å². The third kappa shape index (κ3) is 3.22. The zero-order valence-electron chi connectivity index (χ0n) is 13.8. The third-order valence-corrected chi connectivity index (χ3v) is 4.40. The van der Waals surface area contributed by atoms with Crippen LogP contribution in [0, 0.1) is 0 Å². The molecular weight excluding hydrogens is 290 g/mol. The number of hydrogen-bond acceptors (Lipinski definition) is 4. The van der Waals surface area contributed by atoms with Gasteiger partial charge in [-0.25, -0.2) is 0 Å². The molecule has 0 heterocycles. The third-order valence-electron chi connectivity index (χ3n) is 4.40. The van der Waals surface area contributed by atoms with Crippen molar-refractivity contribution in [3.8, 4) is 11.5 Å². The molecular formula is C19H23NO3. The van der Waals surface area contributed by atoms with Gasteiger partial charge in [-0.1, -0.05) is 44.2 Å². The lowest BCUT2D eigenvalue weighted by Crippen LogP contribution is -2.35. The van der Waals surface area contributed by atoms with Crippen molar-refractivity contribution >= 4 is 5.78 Å². The van der Waals surface area contributed by atoms with Crippen LogP contribution in [0.2, 0.25) is 0 Å². The molecule has 23 heavy (non-hydrogen) atoms. The Balaban J connectivity index is 2.60. The Bertz CT molecular complexity index is 691. The maximum Gasteiger partial charge on any atom is 0.196 e. The minimum absolute atomic E-state index is 0.103. The average molecular weight is 313 g/mol. The van der Waals surface area contributed by atoms with Gasteiger partial charge in [-0.3, -0.25) is 4.79 Å². The molecule has 0 aliphatic heterocycles. The summed E-state index contributed by atoms with van der Waals surface area (Å²) in [5.41, 5.74) is 7.37. The van der Waals surface area contributed by atoms with Crippen LogP contribution in [-0.4, -0.2) is 18.0 Å². The second-order valence-corrected chi connectivity index (χ2v) is 5.63. The highest BCUT2D eigenvalue weighted by Crippen LogP contribution is 2.38. The summed E-state index contributed by atoms with van der Waals surface area (Å²) in [6.45, 7) is 3.99. The van der Waals surface area contributed by atoms with Crippen LogP contribution in [0.1, 0.15) is 48.2 Å². The van der Waals surface area contributed by atoms with E-state index in [9.17, 15) is 9.90 Å². The normalized spacial score (nSPS) is 11.3. The minimum Gasteiger partial charge on any atom is -0.507 e. The highest BCUT2D eigenvalue weighted by atomic mass is 16.5.